The lowest BCUT2D eigenvalue weighted by atomic mass is 10.1. The number of nitrogens with one attached hydrogen (secondary N) is 2. The van der Waals surface area contributed by atoms with Crippen LogP contribution >= 0.6 is 0 Å². The van der Waals surface area contributed by atoms with Gasteiger partial charge in [-0.3, -0.25) is 9.89 Å². The van der Waals surface area contributed by atoms with Crippen LogP contribution in [-0.2, 0) is 6.42 Å². The predicted octanol–water partition coefficient (Wildman–Crippen LogP) is 2.63. The van der Waals surface area contributed by atoms with Crippen LogP contribution in [0, 0.1) is 0 Å². The summed E-state index contributed by atoms with van der Waals surface area (Å²) in [7, 11) is 0. The Labute approximate surface area is 126 Å². The first-order chi connectivity index (χ1) is 10.8. The molecular weight excluding hydrogens is 276 g/mol. The van der Waals surface area contributed by atoms with E-state index in [9.17, 15) is 4.79 Å². The number of imidazole rings is 1. The molecule has 0 saturated heterocycles. The van der Waals surface area contributed by atoms with Gasteiger partial charge in [0.05, 0.1) is 11.0 Å². The molecule has 0 saturated carbocycles. The Morgan fingerprint density at radius 3 is 2.59 bits per heavy atom. The molecule has 4 aromatic rings. The van der Waals surface area contributed by atoms with E-state index >= 15 is 0 Å². The van der Waals surface area contributed by atoms with Crippen LogP contribution in [0.4, 0.5) is 0 Å². The van der Waals surface area contributed by atoms with Gasteiger partial charge < -0.3 is 4.98 Å². The Morgan fingerprint density at radius 2 is 1.77 bits per heavy atom. The first-order valence-electron chi connectivity index (χ1n) is 7.09. The van der Waals surface area contributed by atoms with E-state index < -0.39 is 0 Å². The molecule has 0 amide bonds. The summed E-state index contributed by atoms with van der Waals surface area (Å²) in [6.45, 7) is 0. The third kappa shape index (κ3) is 2.22. The van der Waals surface area contributed by atoms with Crippen molar-refractivity contribution < 1.29 is 0 Å². The third-order valence-corrected chi connectivity index (χ3v) is 3.60. The lowest BCUT2D eigenvalue weighted by molar-refractivity contribution is 0.783. The summed E-state index contributed by atoms with van der Waals surface area (Å²) in [5, 5.41) is 3.12. The van der Waals surface area contributed by atoms with Crippen molar-refractivity contribution in [2.45, 2.75) is 6.42 Å². The van der Waals surface area contributed by atoms with E-state index in [1.165, 1.54) is 4.68 Å². The maximum atomic E-state index is 12.2. The van der Waals surface area contributed by atoms with Gasteiger partial charge in [-0.15, -0.1) is 0 Å². The summed E-state index contributed by atoms with van der Waals surface area (Å²) in [5.41, 5.74) is 3.63. The highest BCUT2D eigenvalue weighted by Gasteiger charge is 2.09. The Morgan fingerprint density at radius 1 is 1.00 bits per heavy atom. The second-order valence-corrected chi connectivity index (χ2v) is 5.19. The molecule has 0 fully saturated rings. The van der Waals surface area contributed by atoms with Gasteiger partial charge in [0.2, 0.25) is 5.95 Å². The predicted molar refractivity (Wildman–Crippen MR) is 85.3 cm³/mol. The fourth-order valence-electron chi connectivity index (χ4n) is 2.55. The van der Waals surface area contributed by atoms with Gasteiger partial charge in [0.1, 0.15) is 0 Å². The van der Waals surface area contributed by atoms with E-state index in [0.29, 0.717) is 12.4 Å². The fraction of sp³-hybridized carbons (Fsp3) is 0.0588. The van der Waals surface area contributed by atoms with E-state index in [4.69, 9.17) is 0 Å². The van der Waals surface area contributed by atoms with E-state index in [1.807, 2.05) is 54.6 Å². The molecule has 0 bridgehead atoms. The van der Waals surface area contributed by atoms with Crippen molar-refractivity contribution >= 4 is 11.0 Å². The van der Waals surface area contributed by atoms with Gasteiger partial charge in [-0.05, 0) is 17.7 Å². The van der Waals surface area contributed by atoms with Crippen LogP contribution in [0.25, 0.3) is 17.0 Å². The topological polar surface area (TPSA) is 66.5 Å². The number of fused-ring (bicyclic) bond motifs is 1. The van der Waals surface area contributed by atoms with Crippen LogP contribution in [-0.4, -0.2) is 19.7 Å². The van der Waals surface area contributed by atoms with Crippen molar-refractivity contribution in [2.24, 2.45) is 0 Å². The molecule has 0 radical (unpaired) electrons. The van der Waals surface area contributed by atoms with Gasteiger partial charge in [0.25, 0.3) is 5.56 Å². The summed E-state index contributed by atoms with van der Waals surface area (Å²) in [5.74, 6) is 0.505. The Hall–Kier alpha value is -3.08. The lowest BCUT2D eigenvalue weighted by Crippen LogP contribution is -2.14. The highest BCUT2D eigenvalue weighted by Crippen LogP contribution is 2.12. The largest absolute Gasteiger partial charge is 0.322 e. The number of aromatic amines is 2. The molecular formula is C17H14N4O. The zero-order chi connectivity index (χ0) is 14.9. The molecule has 5 heteroatoms. The maximum absolute atomic E-state index is 12.2. The van der Waals surface area contributed by atoms with Crippen molar-refractivity contribution in [3.05, 3.63) is 82.3 Å². The molecule has 2 heterocycles. The third-order valence-electron chi connectivity index (χ3n) is 3.60. The molecule has 108 valence electrons. The molecule has 0 aliphatic carbocycles. The number of H-pyrrole nitrogens is 2. The van der Waals surface area contributed by atoms with Crippen molar-refractivity contribution in [3.63, 3.8) is 0 Å². The standard InChI is InChI=1S/C17H14N4O/c22-16-11-13(10-12-6-2-1-3-7-12)20-21(16)17-18-14-8-4-5-9-15(14)19-17/h1-9,11,20H,10H2,(H,18,19). The quantitative estimate of drug-likeness (QED) is 0.609. The van der Waals surface area contributed by atoms with Gasteiger partial charge in [-0.2, -0.15) is 4.68 Å². The Balaban J connectivity index is 1.72. The van der Waals surface area contributed by atoms with Crippen LogP contribution in [0.1, 0.15) is 11.3 Å². The first kappa shape index (κ1) is 12.6. The van der Waals surface area contributed by atoms with Crippen LogP contribution < -0.4 is 5.56 Å². The van der Waals surface area contributed by atoms with Gasteiger partial charge in [-0.25, -0.2) is 4.98 Å². The minimum absolute atomic E-state index is 0.120. The number of rotatable bonds is 3. The highest BCUT2D eigenvalue weighted by atomic mass is 16.1. The fourth-order valence-corrected chi connectivity index (χ4v) is 2.55. The highest BCUT2D eigenvalue weighted by molar-refractivity contribution is 5.75. The van der Waals surface area contributed by atoms with E-state index in [2.05, 4.69) is 15.1 Å². The molecule has 0 aliphatic heterocycles. The number of nitrogens with zero attached hydrogens (tertiary/aromatic N) is 2. The smallest absolute Gasteiger partial charge is 0.274 e. The molecule has 22 heavy (non-hydrogen) atoms. The number of para-hydroxylation sites is 2. The Kier molecular flexibility index (Phi) is 2.89. The first-order valence-corrected chi connectivity index (χ1v) is 7.09. The van der Waals surface area contributed by atoms with Crippen molar-refractivity contribution in [3.8, 4) is 5.95 Å². The molecule has 2 N–H and O–H groups in total. The number of aromatic nitrogens is 4. The zero-order valence-electron chi connectivity index (χ0n) is 11.8. The molecule has 0 unspecified atom stereocenters. The van der Waals surface area contributed by atoms with E-state index in [1.54, 1.807) is 6.07 Å². The minimum Gasteiger partial charge on any atom is -0.322 e. The molecule has 0 atom stereocenters. The average Bonchev–Trinajstić information content (AvgIpc) is 3.11. The average molecular weight is 290 g/mol. The molecule has 2 aromatic carbocycles. The van der Waals surface area contributed by atoms with Crippen LogP contribution in [0.2, 0.25) is 0 Å². The van der Waals surface area contributed by atoms with Crippen molar-refractivity contribution in [1.82, 2.24) is 19.7 Å². The summed E-state index contributed by atoms with van der Waals surface area (Å²) < 4.78 is 1.44. The summed E-state index contributed by atoms with van der Waals surface area (Å²) in [4.78, 5) is 19.8. The number of hydrogen-bond donors (Lipinski definition) is 2. The van der Waals surface area contributed by atoms with Crippen LogP contribution in [0.5, 0.6) is 0 Å². The monoisotopic (exact) mass is 290 g/mol. The SMILES string of the molecule is O=c1cc(Cc2ccccc2)[nH]n1-c1nc2ccccc2[nH]1. The minimum atomic E-state index is -0.120. The second-order valence-electron chi connectivity index (χ2n) is 5.19. The molecule has 5 nitrogen and oxygen atoms in total. The second kappa shape index (κ2) is 5.04. The molecule has 2 aromatic heterocycles. The summed E-state index contributed by atoms with van der Waals surface area (Å²) in [6.07, 6.45) is 0.684. The summed E-state index contributed by atoms with van der Waals surface area (Å²) in [6, 6.07) is 19.3. The van der Waals surface area contributed by atoms with Crippen LogP contribution in [0.15, 0.2) is 65.5 Å². The Bertz CT molecular complexity index is 945. The van der Waals surface area contributed by atoms with Crippen molar-refractivity contribution in [1.29, 1.82) is 0 Å². The van der Waals surface area contributed by atoms with E-state index in [0.717, 1.165) is 22.3 Å². The molecule has 0 aliphatic rings. The van der Waals surface area contributed by atoms with Crippen LogP contribution in [0.3, 0.4) is 0 Å². The number of hydrogen-bond acceptors (Lipinski definition) is 2. The lowest BCUT2D eigenvalue weighted by Gasteiger charge is -1.99. The van der Waals surface area contributed by atoms with Gasteiger partial charge >= 0.3 is 0 Å². The van der Waals surface area contributed by atoms with Crippen molar-refractivity contribution in [2.75, 3.05) is 0 Å². The molecule has 0 spiro atoms. The number of benzene rings is 2. The zero-order valence-corrected chi connectivity index (χ0v) is 11.8. The molecule has 4 rings (SSSR count). The van der Waals surface area contributed by atoms with Gasteiger partial charge in [-0.1, -0.05) is 42.5 Å². The summed E-state index contributed by atoms with van der Waals surface area (Å²) >= 11 is 0. The van der Waals surface area contributed by atoms with E-state index in [-0.39, 0.29) is 5.56 Å². The van der Waals surface area contributed by atoms with Gasteiger partial charge in [0.15, 0.2) is 0 Å². The normalized spacial score (nSPS) is 11.1. The maximum Gasteiger partial charge on any atom is 0.274 e. The van der Waals surface area contributed by atoms with Gasteiger partial charge in [0, 0.05) is 18.2 Å².